The Morgan fingerprint density at radius 2 is 1.71 bits per heavy atom. The normalized spacial score (nSPS) is 11.2. The zero-order valence-electron chi connectivity index (χ0n) is 13.8. The summed E-state index contributed by atoms with van der Waals surface area (Å²) in [5.74, 6) is 0.286. The fourth-order valence-electron chi connectivity index (χ4n) is 2.59. The highest BCUT2D eigenvalue weighted by molar-refractivity contribution is 5.47. The van der Waals surface area contributed by atoms with Gasteiger partial charge < -0.3 is 5.11 Å². The Labute approximate surface area is 138 Å². The summed E-state index contributed by atoms with van der Waals surface area (Å²) in [5.41, 5.74) is 1.60. The number of aromatic amines is 1. The highest BCUT2D eigenvalue weighted by atomic mass is 16.3. The number of rotatable bonds is 3. The molecule has 6 heteroatoms. The molecule has 0 amide bonds. The van der Waals surface area contributed by atoms with Gasteiger partial charge in [0.1, 0.15) is 11.4 Å². The van der Waals surface area contributed by atoms with Crippen molar-refractivity contribution in [2.45, 2.75) is 26.7 Å². The SMILES string of the molecule is Cc1ccc(O)c(-n2[nH]c(=O)n(-c3ccc(C(C)C)cc3)c2=O)c1. The van der Waals surface area contributed by atoms with Gasteiger partial charge >= 0.3 is 11.4 Å². The lowest BCUT2D eigenvalue weighted by atomic mass is 10.0. The Morgan fingerprint density at radius 1 is 1.04 bits per heavy atom. The van der Waals surface area contributed by atoms with Crippen LogP contribution in [0.2, 0.25) is 0 Å². The first-order valence-corrected chi connectivity index (χ1v) is 7.73. The smallest absolute Gasteiger partial charge is 0.356 e. The van der Waals surface area contributed by atoms with Crippen LogP contribution in [0.3, 0.4) is 0 Å². The lowest BCUT2D eigenvalue weighted by Crippen LogP contribution is -2.26. The van der Waals surface area contributed by atoms with Crippen molar-refractivity contribution in [3.05, 3.63) is 74.6 Å². The molecule has 2 N–H and O–H groups in total. The van der Waals surface area contributed by atoms with Crippen LogP contribution in [0.25, 0.3) is 11.4 Å². The van der Waals surface area contributed by atoms with Gasteiger partial charge in [-0.2, -0.15) is 4.68 Å². The van der Waals surface area contributed by atoms with E-state index in [0.717, 1.165) is 20.4 Å². The van der Waals surface area contributed by atoms with E-state index >= 15 is 0 Å². The van der Waals surface area contributed by atoms with E-state index in [-0.39, 0.29) is 11.4 Å². The molecule has 3 rings (SSSR count). The van der Waals surface area contributed by atoms with Gasteiger partial charge in [0.15, 0.2) is 0 Å². The summed E-state index contributed by atoms with van der Waals surface area (Å²) in [5, 5.41) is 12.5. The summed E-state index contributed by atoms with van der Waals surface area (Å²) < 4.78 is 2.10. The predicted octanol–water partition coefficient (Wildman–Crippen LogP) is 2.45. The topological polar surface area (TPSA) is 80.0 Å². The number of phenols is 1. The van der Waals surface area contributed by atoms with E-state index < -0.39 is 11.4 Å². The number of aryl methyl sites for hydroxylation is 1. The molecule has 0 saturated carbocycles. The summed E-state index contributed by atoms with van der Waals surface area (Å²) in [6.45, 7) is 5.99. The van der Waals surface area contributed by atoms with Crippen molar-refractivity contribution >= 4 is 0 Å². The monoisotopic (exact) mass is 325 g/mol. The Bertz CT molecular complexity index is 992. The minimum Gasteiger partial charge on any atom is -0.506 e. The molecule has 3 aromatic rings. The first-order valence-electron chi connectivity index (χ1n) is 7.73. The summed E-state index contributed by atoms with van der Waals surface area (Å²) in [6, 6.07) is 12.1. The fourth-order valence-corrected chi connectivity index (χ4v) is 2.59. The second-order valence-electron chi connectivity index (χ2n) is 6.11. The molecule has 1 heterocycles. The van der Waals surface area contributed by atoms with E-state index in [1.807, 2.05) is 19.1 Å². The van der Waals surface area contributed by atoms with Crippen molar-refractivity contribution in [3.63, 3.8) is 0 Å². The second-order valence-corrected chi connectivity index (χ2v) is 6.11. The highest BCUT2D eigenvalue weighted by Crippen LogP contribution is 2.20. The second kappa shape index (κ2) is 5.88. The molecule has 0 aliphatic rings. The average Bonchev–Trinajstić information content (AvgIpc) is 2.84. The van der Waals surface area contributed by atoms with Crippen LogP contribution < -0.4 is 11.4 Å². The quantitative estimate of drug-likeness (QED) is 0.776. The van der Waals surface area contributed by atoms with Crippen LogP contribution >= 0.6 is 0 Å². The molecular formula is C18H19N3O3. The van der Waals surface area contributed by atoms with Crippen LogP contribution in [-0.2, 0) is 0 Å². The maximum absolute atomic E-state index is 12.7. The third-order valence-electron chi connectivity index (χ3n) is 3.98. The molecule has 0 aliphatic heterocycles. The van der Waals surface area contributed by atoms with Crippen LogP contribution in [-0.4, -0.2) is 19.5 Å². The Balaban J connectivity index is 2.15. The van der Waals surface area contributed by atoms with E-state index in [0.29, 0.717) is 11.6 Å². The van der Waals surface area contributed by atoms with Crippen molar-refractivity contribution in [2.24, 2.45) is 0 Å². The lowest BCUT2D eigenvalue weighted by Gasteiger charge is -2.06. The molecule has 0 bridgehead atoms. The van der Waals surface area contributed by atoms with E-state index in [4.69, 9.17) is 0 Å². The maximum atomic E-state index is 12.7. The van der Waals surface area contributed by atoms with Gasteiger partial charge in [0.2, 0.25) is 0 Å². The Hall–Kier alpha value is -3.02. The summed E-state index contributed by atoms with van der Waals surface area (Å²) in [7, 11) is 0. The van der Waals surface area contributed by atoms with Crippen LogP contribution in [0, 0.1) is 6.92 Å². The Kier molecular flexibility index (Phi) is 3.89. The number of hydrogen-bond donors (Lipinski definition) is 2. The molecule has 0 radical (unpaired) electrons. The molecule has 6 nitrogen and oxygen atoms in total. The predicted molar refractivity (Wildman–Crippen MR) is 92.5 cm³/mol. The number of aromatic nitrogens is 3. The fraction of sp³-hybridized carbons (Fsp3) is 0.222. The van der Waals surface area contributed by atoms with Gasteiger partial charge in [0, 0.05) is 0 Å². The summed E-state index contributed by atoms with van der Waals surface area (Å²) in [6.07, 6.45) is 0. The molecule has 2 aromatic carbocycles. The first kappa shape index (κ1) is 15.9. The molecule has 0 atom stereocenters. The van der Waals surface area contributed by atoms with E-state index in [9.17, 15) is 14.7 Å². The minimum atomic E-state index is -0.557. The van der Waals surface area contributed by atoms with Crippen molar-refractivity contribution < 1.29 is 5.11 Å². The molecular weight excluding hydrogens is 306 g/mol. The minimum absolute atomic E-state index is 0.0775. The third-order valence-corrected chi connectivity index (χ3v) is 3.98. The van der Waals surface area contributed by atoms with Gasteiger partial charge in [0.25, 0.3) is 0 Å². The van der Waals surface area contributed by atoms with Gasteiger partial charge in [0.05, 0.1) is 5.69 Å². The Morgan fingerprint density at radius 3 is 2.33 bits per heavy atom. The molecule has 1 aromatic heterocycles. The van der Waals surface area contributed by atoms with Crippen molar-refractivity contribution in [1.29, 1.82) is 0 Å². The van der Waals surface area contributed by atoms with Crippen molar-refractivity contribution in [2.75, 3.05) is 0 Å². The standard InChI is InChI=1S/C18H19N3O3/c1-11(2)13-5-7-14(8-6-13)20-17(23)19-21(18(20)24)15-10-12(3)4-9-16(15)22/h4-11,22H,1-3H3,(H,19,23). The van der Waals surface area contributed by atoms with Gasteiger partial charge in [-0.3, -0.25) is 0 Å². The number of phenolic OH excluding ortho intramolecular Hbond substituents is 1. The van der Waals surface area contributed by atoms with Gasteiger partial charge in [-0.15, -0.1) is 0 Å². The van der Waals surface area contributed by atoms with Gasteiger partial charge in [-0.25, -0.2) is 19.3 Å². The number of nitrogens with zero attached hydrogens (tertiary/aromatic N) is 2. The van der Waals surface area contributed by atoms with Crippen LogP contribution in [0.4, 0.5) is 0 Å². The number of nitrogens with one attached hydrogen (secondary N) is 1. The third kappa shape index (κ3) is 2.67. The molecule has 0 fully saturated rings. The number of H-pyrrole nitrogens is 1. The molecule has 0 saturated heterocycles. The van der Waals surface area contributed by atoms with E-state index in [1.54, 1.807) is 24.3 Å². The van der Waals surface area contributed by atoms with Gasteiger partial charge in [-0.05, 0) is 48.2 Å². The number of benzene rings is 2. The maximum Gasteiger partial charge on any atom is 0.356 e. The van der Waals surface area contributed by atoms with E-state index in [2.05, 4.69) is 18.9 Å². The number of aromatic hydroxyl groups is 1. The zero-order chi connectivity index (χ0) is 17.4. The summed E-state index contributed by atoms with van der Waals surface area (Å²) >= 11 is 0. The van der Waals surface area contributed by atoms with Crippen LogP contribution in [0.15, 0.2) is 52.1 Å². The van der Waals surface area contributed by atoms with Crippen LogP contribution in [0.5, 0.6) is 5.75 Å². The first-order chi connectivity index (χ1) is 11.4. The van der Waals surface area contributed by atoms with Crippen molar-refractivity contribution in [1.82, 2.24) is 14.3 Å². The molecule has 24 heavy (non-hydrogen) atoms. The van der Waals surface area contributed by atoms with Crippen molar-refractivity contribution in [3.8, 4) is 17.1 Å². The molecule has 0 spiro atoms. The molecule has 124 valence electrons. The van der Waals surface area contributed by atoms with E-state index in [1.165, 1.54) is 6.07 Å². The summed E-state index contributed by atoms with van der Waals surface area (Å²) in [4.78, 5) is 24.9. The van der Waals surface area contributed by atoms with Gasteiger partial charge in [-0.1, -0.05) is 32.0 Å². The lowest BCUT2D eigenvalue weighted by molar-refractivity contribution is 0.469. The largest absolute Gasteiger partial charge is 0.506 e. The van der Waals surface area contributed by atoms with Crippen LogP contribution in [0.1, 0.15) is 30.9 Å². The highest BCUT2D eigenvalue weighted by Gasteiger charge is 2.15. The average molecular weight is 325 g/mol. The molecule has 0 aliphatic carbocycles. The molecule has 0 unspecified atom stereocenters. The zero-order valence-corrected chi connectivity index (χ0v) is 13.8. The number of hydrogen-bond acceptors (Lipinski definition) is 3.